The van der Waals surface area contributed by atoms with Crippen molar-refractivity contribution in [2.45, 2.75) is 45.7 Å². The summed E-state index contributed by atoms with van der Waals surface area (Å²) in [5.41, 5.74) is 0.975. The molecule has 0 aromatic carbocycles. The molecule has 1 N–H and O–H groups in total. The lowest BCUT2D eigenvalue weighted by Crippen LogP contribution is -2.42. The Kier molecular flexibility index (Phi) is 5.49. The first-order chi connectivity index (χ1) is 9.56. The second kappa shape index (κ2) is 7.14. The van der Waals surface area contributed by atoms with Crippen LogP contribution in [0.1, 0.15) is 45.2 Å². The van der Waals surface area contributed by atoms with E-state index in [1.54, 1.807) is 12.3 Å². The van der Waals surface area contributed by atoms with Crippen LogP contribution in [0.3, 0.4) is 0 Å². The molecular formula is C16H26FN3. The van der Waals surface area contributed by atoms with E-state index in [1.807, 2.05) is 0 Å². The van der Waals surface area contributed by atoms with Crippen molar-refractivity contribution >= 4 is 0 Å². The summed E-state index contributed by atoms with van der Waals surface area (Å²) < 4.78 is 13.3. The van der Waals surface area contributed by atoms with Crippen LogP contribution >= 0.6 is 0 Å². The Morgan fingerprint density at radius 2 is 2.20 bits per heavy atom. The van der Waals surface area contributed by atoms with Crippen LogP contribution in [0.25, 0.3) is 0 Å². The van der Waals surface area contributed by atoms with Crippen LogP contribution in [0, 0.1) is 11.7 Å². The molecule has 0 saturated carbocycles. The number of halogens is 1. The highest BCUT2D eigenvalue weighted by molar-refractivity contribution is 5.14. The van der Waals surface area contributed by atoms with Crippen LogP contribution in [0.2, 0.25) is 0 Å². The van der Waals surface area contributed by atoms with Crippen molar-refractivity contribution in [3.63, 3.8) is 0 Å². The number of hydrogen-bond acceptors (Lipinski definition) is 3. The molecule has 1 fully saturated rings. The minimum absolute atomic E-state index is 0.236. The van der Waals surface area contributed by atoms with E-state index in [0.717, 1.165) is 25.2 Å². The van der Waals surface area contributed by atoms with Gasteiger partial charge in [0.25, 0.3) is 0 Å². The monoisotopic (exact) mass is 279 g/mol. The van der Waals surface area contributed by atoms with E-state index < -0.39 is 0 Å². The van der Waals surface area contributed by atoms with Crippen molar-refractivity contribution in [3.8, 4) is 0 Å². The van der Waals surface area contributed by atoms with E-state index in [2.05, 4.69) is 36.0 Å². The molecular weight excluding hydrogens is 253 g/mol. The van der Waals surface area contributed by atoms with Crippen molar-refractivity contribution < 1.29 is 4.39 Å². The summed E-state index contributed by atoms with van der Waals surface area (Å²) in [5.74, 6) is 0.444. The molecule has 2 unspecified atom stereocenters. The van der Waals surface area contributed by atoms with Gasteiger partial charge in [-0.25, -0.2) is 4.39 Å². The van der Waals surface area contributed by atoms with Crippen molar-refractivity contribution in [2.24, 2.45) is 5.92 Å². The molecule has 0 bridgehead atoms. The number of likely N-dealkylation sites (tertiary alicyclic amines) is 1. The van der Waals surface area contributed by atoms with Crippen LogP contribution in [0.5, 0.6) is 0 Å². The first kappa shape index (κ1) is 15.4. The van der Waals surface area contributed by atoms with Crippen molar-refractivity contribution in [2.75, 3.05) is 19.6 Å². The number of rotatable bonds is 5. The predicted molar refractivity (Wildman–Crippen MR) is 80.0 cm³/mol. The molecule has 112 valence electrons. The minimum atomic E-state index is -0.246. The van der Waals surface area contributed by atoms with Gasteiger partial charge in [-0.2, -0.15) is 0 Å². The number of pyridine rings is 1. The van der Waals surface area contributed by atoms with E-state index in [9.17, 15) is 4.39 Å². The largest absolute Gasteiger partial charge is 0.314 e. The second-order valence-corrected chi connectivity index (χ2v) is 6.18. The maximum atomic E-state index is 13.3. The van der Waals surface area contributed by atoms with Gasteiger partial charge in [0.05, 0.1) is 6.20 Å². The van der Waals surface area contributed by atoms with Gasteiger partial charge in [-0.15, -0.1) is 0 Å². The van der Waals surface area contributed by atoms with Crippen LogP contribution in [-0.2, 0) is 0 Å². The molecule has 4 heteroatoms. The van der Waals surface area contributed by atoms with Gasteiger partial charge in [-0.05, 0) is 50.4 Å². The summed E-state index contributed by atoms with van der Waals surface area (Å²) in [7, 11) is 0. The summed E-state index contributed by atoms with van der Waals surface area (Å²) >= 11 is 0. The third-order valence-corrected chi connectivity index (χ3v) is 4.12. The fourth-order valence-corrected chi connectivity index (χ4v) is 2.89. The fraction of sp³-hybridized carbons (Fsp3) is 0.688. The molecule has 1 aliphatic rings. The van der Waals surface area contributed by atoms with E-state index in [4.69, 9.17) is 0 Å². The average Bonchev–Trinajstić information content (AvgIpc) is 2.44. The molecule has 3 nitrogen and oxygen atoms in total. The first-order valence-electron chi connectivity index (χ1n) is 7.64. The molecule has 2 atom stereocenters. The maximum absolute atomic E-state index is 13.3. The number of nitrogens with zero attached hydrogens (tertiary/aromatic N) is 2. The zero-order valence-electron chi connectivity index (χ0n) is 12.8. The molecule has 1 aromatic rings. The second-order valence-electron chi connectivity index (χ2n) is 6.18. The van der Waals surface area contributed by atoms with Crippen LogP contribution < -0.4 is 5.32 Å². The molecule has 1 saturated heterocycles. The van der Waals surface area contributed by atoms with Gasteiger partial charge in [0.15, 0.2) is 0 Å². The Morgan fingerprint density at radius 1 is 1.40 bits per heavy atom. The van der Waals surface area contributed by atoms with Crippen molar-refractivity contribution in [1.29, 1.82) is 0 Å². The number of hydrogen-bond donors (Lipinski definition) is 1. The Labute approximate surface area is 121 Å². The van der Waals surface area contributed by atoms with Crippen LogP contribution in [0.15, 0.2) is 18.5 Å². The van der Waals surface area contributed by atoms with Crippen molar-refractivity contribution in [3.05, 3.63) is 29.8 Å². The fourth-order valence-electron chi connectivity index (χ4n) is 2.89. The Hall–Kier alpha value is -1.00. The van der Waals surface area contributed by atoms with Gasteiger partial charge in [-0.1, -0.05) is 13.8 Å². The maximum Gasteiger partial charge on any atom is 0.141 e. The SMILES string of the molecule is CC(C)NCC1CCCN(C(C)c2cncc(F)c2)C1. The molecule has 1 aliphatic heterocycles. The minimum Gasteiger partial charge on any atom is -0.314 e. The van der Waals surface area contributed by atoms with E-state index in [-0.39, 0.29) is 11.9 Å². The summed E-state index contributed by atoms with van der Waals surface area (Å²) in [6.45, 7) is 9.76. The topological polar surface area (TPSA) is 28.2 Å². The van der Waals surface area contributed by atoms with Gasteiger partial charge < -0.3 is 5.32 Å². The molecule has 0 radical (unpaired) electrons. The molecule has 0 amide bonds. The average molecular weight is 279 g/mol. The lowest BCUT2D eigenvalue weighted by atomic mass is 9.95. The van der Waals surface area contributed by atoms with Gasteiger partial charge >= 0.3 is 0 Å². The summed E-state index contributed by atoms with van der Waals surface area (Å²) in [6, 6.07) is 2.38. The highest BCUT2D eigenvalue weighted by Gasteiger charge is 2.24. The van der Waals surface area contributed by atoms with Gasteiger partial charge in [0.2, 0.25) is 0 Å². The highest BCUT2D eigenvalue weighted by Crippen LogP contribution is 2.26. The standard InChI is InChI=1S/C16H26FN3/c1-12(2)19-8-14-5-4-6-20(11-14)13(3)15-7-16(17)10-18-9-15/h7,9-10,12-14,19H,4-6,8,11H2,1-3H3. The van der Waals surface area contributed by atoms with Crippen molar-refractivity contribution in [1.82, 2.24) is 15.2 Å². The third kappa shape index (κ3) is 4.25. The van der Waals surface area contributed by atoms with E-state index in [1.165, 1.54) is 19.0 Å². The van der Waals surface area contributed by atoms with E-state index >= 15 is 0 Å². The molecule has 20 heavy (non-hydrogen) atoms. The predicted octanol–water partition coefficient (Wildman–Crippen LogP) is 2.99. The lowest BCUT2D eigenvalue weighted by molar-refractivity contribution is 0.129. The highest BCUT2D eigenvalue weighted by atomic mass is 19.1. The zero-order chi connectivity index (χ0) is 14.5. The third-order valence-electron chi connectivity index (χ3n) is 4.12. The molecule has 2 rings (SSSR count). The number of nitrogens with one attached hydrogen (secondary N) is 1. The first-order valence-corrected chi connectivity index (χ1v) is 7.64. The summed E-state index contributed by atoms with van der Waals surface area (Å²) in [4.78, 5) is 6.42. The normalized spacial score (nSPS) is 22.1. The Balaban J connectivity index is 1.94. The zero-order valence-corrected chi connectivity index (χ0v) is 12.8. The van der Waals surface area contributed by atoms with Gasteiger partial charge in [0.1, 0.15) is 5.82 Å². The molecule has 1 aromatic heterocycles. The molecule has 2 heterocycles. The molecule has 0 aliphatic carbocycles. The quantitative estimate of drug-likeness (QED) is 0.898. The smallest absolute Gasteiger partial charge is 0.141 e. The van der Waals surface area contributed by atoms with Gasteiger partial charge in [0, 0.05) is 24.8 Å². The van der Waals surface area contributed by atoms with Crippen LogP contribution in [-0.4, -0.2) is 35.6 Å². The summed E-state index contributed by atoms with van der Waals surface area (Å²) in [5, 5.41) is 3.52. The van der Waals surface area contributed by atoms with E-state index in [0.29, 0.717) is 12.0 Å². The Bertz CT molecular complexity index is 422. The molecule has 0 spiro atoms. The Morgan fingerprint density at radius 3 is 2.90 bits per heavy atom. The summed E-state index contributed by atoms with van der Waals surface area (Å²) in [6.07, 6.45) is 5.55. The van der Waals surface area contributed by atoms with Gasteiger partial charge in [-0.3, -0.25) is 9.88 Å². The number of piperidine rings is 1. The lowest BCUT2D eigenvalue weighted by Gasteiger charge is -2.37. The van der Waals surface area contributed by atoms with Crippen LogP contribution in [0.4, 0.5) is 4.39 Å². The number of aromatic nitrogens is 1.